The first-order valence-electron chi connectivity index (χ1n) is 10.1. The SMILES string of the molecule is COC(=O)c1cnc(Nc2ncnc3c2CCN(C2=CC=C(C#N)C(C(F)(F)F)=CC2)C3)nc1. The van der Waals surface area contributed by atoms with Crippen LogP contribution in [-0.2, 0) is 17.7 Å². The lowest BCUT2D eigenvalue weighted by molar-refractivity contribution is -0.0891. The molecule has 1 N–H and O–H groups in total. The molecule has 0 spiro atoms. The summed E-state index contributed by atoms with van der Waals surface area (Å²) >= 11 is 0. The first-order chi connectivity index (χ1) is 16.3. The lowest BCUT2D eigenvalue weighted by Crippen LogP contribution is -2.31. The van der Waals surface area contributed by atoms with Gasteiger partial charge in [-0.15, -0.1) is 0 Å². The highest BCUT2D eigenvalue weighted by molar-refractivity contribution is 5.88. The minimum Gasteiger partial charge on any atom is -0.465 e. The van der Waals surface area contributed by atoms with E-state index in [1.54, 1.807) is 12.1 Å². The Hall–Kier alpha value is -4.27. The van der Waals surface area contributed by atoms with Crippen LogP contribution in [0, 0.1) is 11.3 Å². The van der Waals surface area contributed by atoms with E-state index in [4.69, 9.17) is 5.26 Å². The molecule has 34 heavy (non-hydrogen) atoms. The third-order valence-corrected chi connectivity index (χ3v) is 5.39. The van der Waals surface area contributed by atoms with E-state index in [0.717, 1.165) is 11.6 Å². The number of esters is 1. The molecular formula is C22H18F3N7O2. The first-order valence-corrected chi connectivity index (χ1v) is 10.1. The highest BCUT2D eigenvalue weighted by atomic mass is 19.4. The summed E-state index contributed by atoms with van der Waals surface area (Å²) in [7, 11) is 1.26. The zero-order valence-corrected chi connectivity index (χ0v) is 17.9. The van der Waals surface area contributed by atoms with Crippen molar-refractivity contribution in [3.8, 4) is 6.07 Å². The number of alkyl halides is 3. The standard InChI is InChI=1S/C22H18F3N7O2/c1-34-20(33)14-9-27-21(28-10-14)31-19-16-6-7-32(11-18(16)29-12-30-19)15-3-2-13(8-26)17(5-4-15)22(23,24)25/h2-3,5,9-10,12H,4,6-7,11H2,1H3,(H,27,28,29,30,31). The van der Waals surface area contributed by atoms with E-state index in [9.17, 15) is 18.0 Å². The van der Waals surface area contributed by atoms with E-state index in [-0.39, 0.29) is 17.9 Å². The maximum absolute atomic E-state index is 13.3. The molecule has 12 heteroatoms. The van der Waals surface area contributed by atoms with Gasteiger partial charge in [0, 0.05) is 36.6 Å². The van der Waals surface area contributed by atoms with Gasteiger partial charge in [-0.1, -0.05) is 6.08 Å². The molecule has 0 saturated carbocycles. The number of fused-ring (bicyclic) bond motifs is 1. The fraction of sp³-hybridized carbons (Fsp3) is 0.273. The zero-order valence-electron chi connectivity index (χ0n) is 17.9. The Bertz CT molecular complexity index is 1240. The number of anilines is 2. The molecule has 0 radical (unpaired) electrons. The maximum Gasteiger partial charge on any atom is 0.417 e. The molecule has 3 heterocycles. The summed E-state index contributed by atoms with van der Waals surface area (Å²) in [4.78, 5) is 30.3. The Morgan fingerprint density at radius 2 is 1.97 bits per heavy atom. The number of hydrogen-bond donors (Lipinski definition) is 1. The van der Waals surface area contributed by atoms with Crippen molar-refractivity contribution in [2.45, 2.75) is 25.6 Å². The molecule has 0 fully saturated rings. The lowest BCUT2D eigenvalue weighted by atomic mass is 10.0. The first kappa shape index (κ1) is 22.9. The molecule has 174 valence electrons. The van der Waals surface area contributed by atoms with Crippen molar-refractivity contribution >= 4 is 17.7 Å². The number of nitriles is 1. The number of methoxy groups -OCH3 is 1. The van der Waals surface area contributed by atoms with E-state index in [0.29, 0.717) is 36.7 Å². The van der Waals surface area contributed by atoms with Gasteiger partial charge in [-0.3, -0.25) is 0 Å². The van der Waals surface area contributed by atoms with Gasteiger partial charge in [0.2, 0.25) is 5.95 Å². The summed E-state index contributed by atoms with van der Waals surface area (Å²) in [5, 5.41) is 12.1. The predicted octanol–water partition coefficient (Wildman–Crippen LogP) is 3.38. The second-order valence-electron chi connectivity index (χ2n) is 7.40. The average Bonchev–Trinajstić information content (AvgIpc) is 3.07. The Morgan fingerprint density at radius 1 is 1.21 bits per heavy atom. The van der Waals surface area contributed by atoms with Crippen molar-refractivity contribution in [1.29, 1.82) is 5.26 Å². The van der Waals surface area contributed by atoms with Crippen molar-refractivity contribution in [2.75, 3.05) is 19.0 Å². The van der Waals surface area contributed by atoms with E-state index in [2.05, 4.69) is 30.0 Å². The number of carbonyl (C=O) groups excluding carboxylic acids is 1. The lowest BCUT2D eigenvalue weighted by Gasteiger charge is -2.32. The van der Waals surface area contributed by atoms with Crippen LogP contribution >= 0.6 is 0 Å². The van der Waals surface area contributed by atoms with Crippen molar-refractivity contribution < 1.29 is 22.7 Å². The number of allylic oxidation sites excluding steroid dienone is 5. The summed E-state index contributed by atoms with van der Waals surface area (Å²) in [6.07, 6.45) is 3.83. The second-order valence-corrected chi connectivity index (χ2v) is 7.40. The molecule has 0 aromatic carbocycles. The summed E-state index contributed by atoms with van der Waals surface area (Å²) in [6.45, 7) is 0.888. The minimum absolute atomic E-state index is 0.0441. The van der Waals surface area contributed by atoms with Crippen LogP contribution < -0.4 is 5.32 Å². The summed E-state index contributed by atoms with van der Waals surface area (Å²) < 4.78 is 44.4. The van der Waals surface area contributed by atoms with Gasteiger partial charge in [0.05, 0.1) is 42.1 Å². The molecule has 0 unspecified atom stereocenters. The van der Waals surface area contributed by atoms with Gasteiger partial charge in [-0.05, 0) is 18.6 Å². The van der Waals surface area contributed by atoms with Crippen molar-refractivity contribution in [2.24, 2.45) is 0 Å². The number of rotatable bonds is 4. The fourth-order valence-corrected chi connectivity index (χ4v) is 3.68. The molecule has 4 rings (SSSR count). The van der Waals surface area contributed by atoms with Gasteiger partial charge in [-0.25, -0.2) is 24.7 Å². The molecular weight excluding hydrogens is 451 g/mol. The molecule has 0 bridgehead atoms. The van der Waals surface area contributed by atoms with Crippen LogP contribution in [-0.4, -0.2) is 50.6 Å². The van der Waals surface area contributed by atoms with Gasteiger partial charge in [0.1, 0.15) is 12.1 Å². The van der Waals surface area contributed by atoms with Gasteiger partial charge < -0.3 is 15.0 Å². The fourth-order valence-electron chi connectivity index (χ4n) is 3.68. The van der Waals surface area contributed by atoms with Crippen LogP contribution in [0.5, 0.6) is 0 Å². The quantitative estimate of drug-likeness (QED) is 0.673. The van der Waals surface area contributed by atoms with E-state index in [1.165, 1.54) is 31.9 Å². The molecule has 2 aromatic heterocycles. The number of halogens is 3. The molecule has 1 aliphatic carbocycles. The van der Waals surface area contributed by atoms with Crippen molar-refractivity contribution in [1.82, 2.24) is 24.8 Å². The third-order valence-electron chi connectivity index (χ3n) is 5.39. The molecule has 9 nitrogen and oxygen atoms in total. The van der Waals surface area contributed by atoms with E-state index in [1.807, 2.05) is 4.90 Å². The molecule has 2 aliphatic rings. The number of nitrogens with one attached hydrogen (secondary N) is 1. The molecule has 0 saturated heterocycles. The van der Waals surface area contributed by atoms with Crippen LogP contribution in [0.1, 0.15) is 28.0 Å². The highest BCUT2D eigenvalue weighted by Gasteiger charge is 2.36. The summed E-state index contributed by atoms with van der Waals surface area (Å²) in [5.41, 5.74) is 1.09. The summed E-state index contributed by atoms with van der Waals surface area (Å²) in [6, 6.07) is 1.63. The topological polar surface area (TPSA) is 117 Å². The van der Waals surface area contributed by atoms with Crippen molar-refractivity contribution in [3.63, 3.8) is 0 Å². The third kappa shape index (κ3) is 4.73. The normalized spacial score (nSPS) is 15.7. The second kappa shape index (κ2) is 9.30. The number of hydrogen-bond acceptors (Lipinski definition) is 9. The van der Waals surface area contributed by atoms with E-state index < -0.39 is 23.3 Å². The Morgan fingerprint density at radius 3 is 2.65 bits per heavy atom. The monoisotopic (exact) mass is 469 g/mol. The van der Waals surface area contributed by atoms with Gasteiger partial charge >= 0.3 is 12.1 Å². The minimum atomic E-state index is -4.59. The van der Waals surface area contributed by atoms with E-state index >= 15 is 0 Å². The maximum atomic E-state index is 13.3. The predicted molar refractivity (Wildman–Crippen MR) is 113 cm³/mol. The number of aromatic nitrogens is 4. The van der Waals surface area contributed by atoms with Crippen molar-refractivity contribution in [3.05, 3.63) is 70.6 Å². The largest absolute Gasteiger partial charge is 0.465 e. The molecule has 0 amide bonds. The average molecular weight is 469 g/mol. The smallest absolute Gasteiger partial charge is 0.417 e. The number of ether oxygens (including phenoxy) is 1. The highest BCUT2D eigenvalue weighted by Crippen LogP contribution is 2.35. The Balaban J connectivity index is 1.52. The molecule has 0 atom stereocenters. The van der Waals surface area contributed by atoms with Gasteiger partial charge in [0.15, 0.2) is 0 Å². The number of nitrogens with zero attached hydrogens (tertiary/aromatic N) is 6. The molecule has 1 aliphatic heterocycles. The Labute approximate surface area is 192 Å². The Kier molecular flexibility index (Phi) is 6.27. The summed E-state index contributed by atoms with van der Waals surface area (Å²) in [5.74, 6) is 0.200. The van der Waals surface area contributed by atoms with Crippen LogP contribution in [0.4, 0.5) is 24.9 Å². The van der Waals surface area contributed by atoms with Crippen LogP contribution in [0.3, 0.4) is 0 Å². The zero-order chi connectivity index (χ0) is 24.3. The van der Waals surface area contributed by atoms with Crippen LogP contribution in [0.25, 0.3) is 0 Å². The van der Waals surface area contributed by atoms with Gasteiger partial charge in [-0.2, -0.15) is 18.4 Å². The van der Waals surface area contributed by atoms with Crippen LogP contribution in [0.15, 0.2) is 53.8 Å². The van der Waals surface area contributed by atoms with Gasteiger partial charge in [0.25, 0.3) is 0 Å². The number of carbonyl (C=O) groups is 1. The molecule has 2 aromatic rings. The van der Waals surface area contributed by atoms with Crippen LogP contribution in [0.2, 0.25) is 0 Å².